The molecule has 0 aliphatic rings. The maximum absolute atomic E-state index is 12.1. The molecule has 5 nitrogen and oxygen atoms in total. The molecule has 0 radical (unpaired) electrons. The van der Waals surface area contributed by atoms with E-state index in [0.29, 0.717) is 18.8 Å². The quantitative estimate of drug-likeness (QED) is 0.748. The number of nitrogens with one attached hydrogen (secondary N) is 1. The third kappa shape index (κ3) is 4.83. The van der Waals surface area contributed by atoms with E-state index in [2.05, 4.69) is 24.1 Å². The normalized spacial score (nSPS) is 11.1. The molecule has 0 bridgehead atoms. The van der Waals surface area contributed by atoms with Crippen molar-refractivity contribution in [3.05, 3.63) is 23.8 Å². The third-order valence-corrected chi connectivity index (χ3v) is 3.31. The fraction of sp³-hybridized carbons (Fsp3) is 0.533. The lowest BCUT2D eigenvalue weighted by Gasteiger charge is -2.25. The van der Waals surface area contributed by atoms with Crippen molar-refractivity contribution in [2.24, 2.45) is 0 Å². The Morgan fingerprint density at radius 2 is 2.15 bits per heavy atom. The predicted molar refractivity (Wildman–Crippen MR) is 82.8 cm³/mol. The summed E-state index contributed by atoms with van der Waals surface area (Å²) in [5.74, 6) is -0.0384. The molecule has 5 heteroatoms. The standard InChI is InChI=1S/C15H25N3O2/c1-11(2)18(8-9-20-4)10-15(19)17-14-7-5-6-13(16)12(14)3/h5-7,11H,8-10,16H2,1-4H3,(H,17,19). The highest BCUT2D eigenvalue weighted by atomic mass is 16.5. The summed E-state index contributed by atoms with van der Waals surface area (Å²) in [5, 5.41) is 2.91. The second kappa shape index (κ2) is 7.87. The molecule has 1 aromatic rings. The average molecular weight is 279 g/mol. The van der Waals surface area contributed by atoms with E-state index in [1.165, 1.54) is 0 Å². The van der Waals surface area contributed by atoms with Crippen LogP contribution in [0.1, 0.15) is 19.4 Å². The van der Waals surface area contributed by atoms with Crippen LogP contribution in [0.3, 0.4) is 0 Å². The maximum Gasteiger partial charge on any atom is 0.238 e. The molecule has 0 saturated carbocycles. The molecule has 0 unspecified atom stereocenters. The molecule has 0 saturated heterocycles. The molecule has 0 aliphatic heterocycles. The Morgan fingerprint density at radius 1 is 1.45 bits per heavy atom. The number of nitrogens with zero attached hydrogens (tertiary/aromatic N) is 1. The summed E-state index contributed by atoms with van der Waals surface area (Å²) in [6.07, 6.45) is 0. The molecule has 20 heavy (non-hydrogen) atoms. The van der Waals surface area contributed by atoms with Gasteiger partial charge in [0.15, 0.2) is 0 Å². The Balaban J connectivity index is 2.63. The van der Waals surface area contributed by atoms with Gasteiger partial charge >= 0.3 is 0 Å². The molecule has 1 rings (SSSR count). The number of carbonyl (C=O) groups is 1. The van der Waals surface area contributed by atoms with Gasteiger partial charge in [0.05, 0.1) is 13.2 Å². The molecule has 112 valence electrons. The van der Waals surface area contributed by atoms with E-state index in [-0.39, 0.29) is 11.9 Å². The second-order valence-electron chi connectivity index (χ2n) is 5.12. The first-order valence-corrected chi connectivity index (χ1v) is 6.83. The highest BCUT2D eigenvalue weighted by Gasteiger charge is 2.14. The van der Waals surface area contributed by atoms with Gasteiger partial charge in [0.1, 0.15) is 0 Å². The SMILES string of the molecule is COCCN(CC(=O)Nc1cccc(N)c1C)C(C)C. The first-order chi connectivity index (χ1) is 9.45. The van der Waals surface area contributed by atoms with Crippen molar-refractivity contribution < 1.29 is 9.53 Å². The van der Waals surface area contributed by atoms with Crippen LogP contribution in [0.5, 0.6) is 0 Å². The number of ether oxygens (including phenoxy) is 1. The van der Waals surface area contributed by atoms with Gasteiger partial charge in [0.2, 0.25) is 5.91 Å². The van der Waals surface area contributed by atoms with Gasteiger partial charge in [-0.1, -0.05) is 6.07 Å². The zero-order valence-electron chi connectivity index (χ0n) is 12.8. The van der Waals surface area contributed by atoms with Gasteiger partial charge in [0.25, 0.3) is 0 Å². The zero-order valence-corrected chi connectivity index (χ0v) is 12.8. The highest BCUT2D eigenvalue weighted by Crippen LogP contribution is 2.20. The fourth-order valence-electron chi connectivity index (χ4n) is 1.89. The second-order valence-corrected chi connectivity index (χ2v) is 5.12. The average Bonchev–Trinajstić information content (AvgIpc) is 2.39. The van der Waals surface area contributed by atoms with Gasteiger partial charge in [0, 0.05) is 31.1 Å². The molecule has 1 amide bonds. The maximum atomic E-state index is 12.1. The molecule has 0 heterocycles. The largest absolute Gasteiger partial charge is 0.398 e. The number of amides is 1. The van der Waals surface area contributed by atoms with Gasteiger partial charge in [-0.15, -0.1) is 0 Å². The highest BCUT2D eigenvalue weighted by molar-refractivity contribution is 5.93. The van der Waals surface area contributed by atoms with Crippen molar-refractivity contribution in [2.45, 2.75) is 26.8 Å². The van der Waals surface area contributed by atoms with E-state index in [4.69, 9.17) is 10.5 Å². The predicted octanol–water partition coefficient (Wildman–Crippen LogP) is 1.87. The summed E-state index contributed by atoms with van der Waals surface area (Å²) in [6.45, 7) is 7.72. The van der Waals surface area contributed by atoms with E-state index in [1.807, 2.05) is 25.1 Å². The summed E-state index contributed by atoms with van der Waals surface area (Å²) in [5.41, 5.74) is 8.18. The minimum absolute atomic E-state index is 0.0384. The summed E-state index contributed by atoms with van der Waals surface area (Å²) in [4.78, 5) is 14.2. The van der Waals surface area contributed by atoms with Crippen LogP contribution in [0.2, 0.25) is 0 Å². The number of nitrogens with two attached hydrogens (primary N) is 1. The van der Waals surface area contributed by atoms with Crippen LogP contribution in [0, 0.1) is 6.92 Å². The van der Waals surface area contributed by atoms with Crippen molar-refractivity contribution in [3.8, 4) is 0 Å². The topological polar surface area (TPSA) is 67.6 Å². The summed E-state index contributed by atoms with van der Waals surface area (Å²) in [7, 11) is 1.66. The van der Waals surface area contributed by atoms with Gasteiger partial charge in [-0.2, -0.15) is 0 Å². The van der Waals surface area contributed by atoms with Gasteiger partial charge < -0.3 is 15.8 Å². The molecule has 0 aliphatic carbocycles. The van der Waals surface area contributed by atoms with Crippen molar-refractivity contribution in [3.63, 3.8) is 0 Å². The lowest BCUT2D eigenvalue weighted by atomic mass is 10.1. The lowest BCUT2D eigenvalue weighted by Crippen LogP contribution is -2.40. The Bertz CT molecular complexity index is 447. The number of benzene rings is 1. The smallest absolute Gasteiger partial charge is 0.238 e. The van der Waals surface area contributed by atoms with E-state index in [9.17, 15) is 4.79 Å². The Hall–Kier alpha value is -1.59. The van der Waals surface area contributed by atoms with Crippen LogP contribution in [-0.4, -0.2) is 43.7 Å². The molecular weight excluding hydrogens is 254 g/mol. The van der Waals surface area contributed by atoms with Crippen LogP contribution in [0.25, 0.3) is 0 Å². The number of methoxy groups -OCH3 is 1. The van der Waals surface area contributed by atoms with E-state index in [1.54, 1.807) is 7.11 Å². The molecule has 1 aromatic carbocycles. The molecule has 0 aromatic heterocycles. The van der Waals surface area contributed by atoms with Crippen molar-refractivity contribution >= 4 is 17.3 Å². The number of anilines is 2. The van der Waals surface area contributed by atoms with Crippen LogP contribution in [0.15, 0.2) is 18.2 Å². The minimum atomic E-state index is -0.0384. The first-order valence-electron chi connectivity index (χ1n) is 6.83. The van der Waals surface area contributed by atoms with Crippen LogP contribution in [-0.2, 0) is 9.53 Å². The third-order valence-electron chi connectivity index (χ3n) is 3.31. The van der Waals surface area contributed by atoms with Gasteiger partial charge in [-0.3, -0.25) is 9.69 Å². The van der Waals surface area contributed by atoms with Crippen LogP contribution < -0.4 is 11.1 Å². The van der Waals surface area contributed by atoms with Crippen molar-refractivity contribution in [1.82, 2.24) is 4.90 Å². The zero-order chi connectivity index (χ0) is 15.1. The fourth-order valence-corrected chi connectivity index (χ4v) is 1.89. The monoisotopic (exact) mass is 279 g/mol. The Kier molecular flexibility index (Phi) is 6.48. The van der Waals surface area contributed by atoms with E-state index < -0.39 is 0 Å². The number of carbonyl (C=O) groups excluding carboxylic acids is 1. The lowest BCUT2D eigenvalue weighted by molar-refractivity contribution is -0.117. The summed E-state index contributed by atoms with van der Waals surface area (Å²) >= 11 is 0. The number of nitrogen functional groups attached to an aromatic ring is 1. The van der Waals surface area contributed by atoms with E-state index >= 15 is 0 Å². The van der Waals surface area contributed by atoms with Gasteiger partial charge in [-0.05, 0) is 38.5 Å². The summed E-state index contributed by atoms with van der Waals surface area (Å²) in [6, 6.07) is 5.81. The van der Waals surface area contributed by atoms with Crippen molar-refractivity contribution in [2.75, 3.05) is 37.9 Å². The van der Waals surface area contributed by atoms with Crippen LogP contribution >= 0.6 is 0 Å². The molecule has 3 N–H and O–H groups in total. The first kappa shape index (κ1) is 16.5. The Labute approximate surface area is 121 Å². The molecule has 0 atom stereocenters. The van der Waals surface area contributed by atoms with E-state index in [0.717, 1.165) is 17.8 Å². The van der Waals surface area contributed by atoms with Crippen molar-refractivity contribution in [1.29, 1.82) is 0 Å². The van der Waals surface area contributed by atoms with Gasteiger partial charge in [-0.25, -0.2) is 0 Å². The number of rotatable bonds is 7. The van der Waals surface area contributed by atoms with Crippen LogP contribution in [0.4, 0.5) is 11.4 Å². The molecular formula is C15H25N3O2. The number of hydrogen-bond donors (Lipinski definition) is 2. The molecule has 0 fully saturated rings. The number of hydrogen-bond acceptors (Lipinski definition) is 4. The summed E-state index contributed by atoms with van der Waals surface area (Å²) < 4.78 is 5.07. The minimum Gasteiger partial charge on any atom is -0.398 e. The molecule has 0 spiro atoms. The Morgan fingerprint density at radius 3 is 2.75 bits per heavy atom.